The van der Waals surface area contributed by atoms with E-state index in [1.165, 1.54) is 29.5 Å². The number of nitrogens with one attached hydrogen (secondary N) is 1. The molecule has 0 aliphatic carbocycles. The maximum absolute atomic E-state index is 12.7. The Labute approximate surface area is 158 Å². The maximum atomic E-state index is 12.7. The number of benzene rings is 1. The van der Waals surface area contributed by atoms with Crippen molar-refractivity contribution in [3.8, 4) is 11.7 Å². The lowest BCUT2D eigenvalue weighted by atomic mass is 10.2. The molecular formula is C17H17F2N8O+. The summed E-state index contributed by atoms with van der Waals surface area (Å²) in [6, 6.07) is 9.17. The molecule has 0 bridgehead atoms. The number of hydrogen-bond acceptors (Lipinski definition) is 7. The van der Waals surface area contributed by atoms with Crippen molar-refractivity contribution in [2.45, 2.75) is 13.3 Å². The first-order valence-corrected chi connectivity index (χ1v) is 8.18. The van der Waals surface area contributed by atoms with E-state index in [4.69, 9.17) is 10.3 Å². The summed E-state index contributed by atoms with van der Waals surface area (Å²) in [5, 5.41) is 17.1. The van der Waals surface area contributed by atoms with Gasteiger partial charge in [0.05, 0.1) is 0 Å². The number of aromatic nitrogens is 5. The second kappa shape index (κ2) is 8.86. The molecule has 0 atom stereocenters. The molecule has 11 heteroatoms. The number of alkyl halides is 2. The third-order valence-corrected chi connectivity index (χ3v) is 3.82. The van der Waals surface area contributed by atoms with Gasteiger partial charge >= 0.3 is 0 Å². The number of allylic oxidation sites excluding steroid dienone is 1. The number of hydrogen-bond donors (Lipinski definition) is 2. The third kappa shape index (κ3) is 4.76. The molecule has 2 heterocycles. The summed E-state index contributed by atoms with van der Waals surface area (Å²) >= 11 is 0. The lowest BCUT2D eigenvalue weighted by molar-refractivity contribution is -0.522. The van der Waals surface area contributed by atoms with Crippen LogP contribution in [0.4, 0.5) is 14.5 Å². The van der Waals surface area contributed by atoms with Crippen molar-refractivity contribution in [3.05, 3.63) is 66.0 Å². The number of rotatable bonds is 8. The van der Waals surface area contributed by atoms with Gasteiger partial charge in [-0.05, 0) is 37.3 Å². The van der Waals surface area contributed by atoms with E-state index >= 15 is 0 Å². The third-order valence-electron chi connectivity index (χ3n) is 3.82. The van der Waals surface area contributed by atoms with Crippen LogP contribution >= 0.6 is 0 Å². The van der Waals surface area contributed by atoms with Gasteiger partial charge in [0, 0.05) is 11.6 Å². The van der Waals surface area contributed by atoms with Crippen LogP contribution in [0.3, 0.4) is 0 Å². The summed E-state index contributed by atoms with van der Waals surface area (Å²) in [6.07, 6.45) is 0.370. The molecule has 0 aliphatic heterocycles. The van der Waals surface area contributed by atoms with Gasteiger partial charge in [0.2, 0.25) is 5.88 Å². The lowest BCUT2D eigenvalue weighted by Crippen LogP contribution is -2.77. The second-order valence-electron chi connectivity index (χ2n) is 5.69. The largest absolute Gasteiger partial charge is 0.466 e. The average molecular weight is 387 g/mol. The highest BCUT2D eigenvalue weighted by atomic mass is 19.3. The van der Waals surface area contributed by atoms with Crippen molar-refractivity contribution >= 4 is 5.69 Å². The topological polar surface area (TPSA) is 119 Å². The predicted octanol–water partition coefficient (Wildman–Crippen LogP) is 2.53. The summed E-state index contributed by atoms with van der Waals surface area (Å²) in [7, 11) is 0. The summed E-state index contributed by atoms with van der Waals surface area (Å²) in [5.74, 6) is 0.768. The zero-order valence-electron chi connectivity index (χ0n) is 14.8. The van der Waals surface area contributed by atoms with Crippen molar-refractivity contribution in [1.29, 1.82) is 5.53 Å². The van der Waals surface area contributed by atoms with Gasteiger partial charge in [-0.25, -0.2) is 24.0 Å². The molecule has 0 fully saturated rings. The average Bonchev–Trinajstić information content (AvgIpc) is 3.26. The molecule has 0 spiro atoms. The highest BCUT2D eigenvalue weighted by molar-refractivity contribution is 5.33. The first kappa shape index (κ1) is 19.2. The molecule has 144 valence electrons. The first-order valence-electron chi connectivity index (χ1n) is 8.18. The minimum atomic E-state index is -2.52. The number of nitrogens with zero attached hydrogens (tertiary/aromatic N) is 6. The van der Waals surface area contributed by atoms with E-state index in [-0.39, 0.29) is 18.1 Å². The number of quaternary nitrogens is 1. The van der Waals surface area contributed by atoms with Crippen molar-refractivity contribution in [3.63, 3.8) is 0 Å². The molecule has 0 radical (unpaired) electrons. The number of ether oxygens (including phenoxy) is 1. The van der Waals surface area contributed by atoms with Gasteiger partial charge in [-0.1, -0.05) is 0 Å². The minimum Gasteiger partial charge on any atom is -0.466 e. The highest BCUT2D eigenvalue weighted by Gasteiger charge is 2.13. The Morgan fingerprint density at radius 1 is 1.21 bits per heavy atom. The van der Waals surface area contributed by atoms with Gasteiger partial charge in [-0.3, -0.25) is 5.32 Å². The van der Waals surface area contributed by atoms with Crippen LogP contribution in [0.1, 0.15) is 18.9 Å². The first-order chi connectivity index (χ1) is 13.6. The van der Waals surface area contributed by atoms with E-state index in [0.29, 0.717) is 22.9 Å². The second-order valence-corrected chi connectivity index (χ2v) is 5.69. The maximum Gasteiger partial charge on any atom is 0.263 e. The Hall–Kier alpha value is -3.60. The van der Waals surface area contributed by atoms with Crippen molar-refractivity contribution < 1.29 is 18.8 Å². The van der Waals surface area contributed by atoms with E-state index in [0.717, 1.165) is 0 Å². The molecule has 2 aromatic heterocycles. The summed E-state index contributed by atoms with van der Waals surface area (Å²) in [4.78, 5) is 3.84. The molecular weight excluding hydrogens is 370 g/mol. The Morgan fingerprint density at radius 3 is 2.57 bits per heavy atom. The predicted molar refractivity (Wildman–Crippen MR) is 93.3 cm³/mol. The Balaban J connectivity index is 1.67. The fourth-order valence-corrected chi connectivity index (χ4v) is 2.25. The number of nitrogens with two attached hydrogens (primary N) is 1. The molecule has 1 aromatic carbocycles. The van der Waals surface area contributed by atoms with E-state index in [2.05, 4.69) is 25.4 Å². The molecule has 0 unspecified atom stereocenters. The van der Waals surface area contributed by atoms with E-state index in [1.807, 2.05) is 0 Å². The molecule has 9 nitrogen and oxygen atoms in total. The van der Waals surface area contributed by atoms with Crippen molar-refractivity contribution in [2.75, 3.05) is 6.61 Å². The molecule has 0 saturated carbocycles. The zero-order chi connectivity index (χ0) is 19.9. The van der Waals surface area contributed by atoms with Crippen LogP contribution in [0.5, 0.6) is 5.88 Å². The molecule has 3 rings (SSSR count). The van der Waals surface area contributed by atoms with Crippen LogP contribution in [0.25, 0.3) is 5.82 Å². The van der Waals surface area contributed by atoms with Crippen LogP contribution in [-0.2, 0) is 0 Å². The van der Waals surface area contributed by atoms with Crippen LogP contribution < -0.4 is 10.1 Å². The monoisotopic (exact) mass is 387 g/mol. The van der Waals surface area contributed by atoms with Crippen LogP contribution in [0.15, 0.2) is 65.6 Å². The van der Waals surface area contributed by atoms with Crippen molar-refractivity contribution in [1.82, 2.24) is 25.0 Å². The summed E-state index contributed by atoms with van der Waals surface area (Å²) in [5.41, 5.74) is 8.92. The van der Waals surface area contributed by atoms with Crippen LogP contribution in [-0.4, -0.2) is 31.6 Å². The minimum absolute atomic E-state index is 0.0522. The van der Waals surface area contributed by atoms with Gasteiger partial charge in [-0.2, -0.15) is 10.2 Å². The molecule has 3 aromatic rings. The normalized spacial score (nSPS) is 12.0. The van der Waals surface area contributed by atoms with Gasteiger partial charge in [0.15, 0.2) is 18.1 Å². The molecule has 0 amide bonds. The van der Waals surface area contributed by atoms with E-state index < -0.39 is 6.43 Å². The zero-order valence-corrected chi connectivity index (χ0v) is 14.8. The fraction of sp³-hybridized carbons (Fsp3) is 0.176. The molecule has 28 heavy (non-hydrogen) atoms. The highest BCUT2D eigenvalue weighted by Crippen LogP contribution is 2.19. The van der Waals surface area contributed by atoms with Crippen LogP contribution in [0, 0.1) is 5.53 Å². The standard InChI is InChI=1S/C17H16F2N8O/c1-11(24-20)14(23-13-4-2-12(3-5-13)17(18)19)8-28-16-7-6-15(25-26-16)27-10-21-9-22-27/h2-7,9-10,17,20,23H,8H2,1H3/p+1/b14-11-,24-20?. The van der Waals surface area contributed by atoms with Crippen LogP contribution in [0.2, 0.25) is 0 Å². The smallest absolute Gasteiger partial charge is 0.263 e. The molecule has 0 aliphatic rings. The SMILES string of the molecule is C/C(N=N)=C(\COc1ccc(-n2cncn2)nn1)[NH2+]c1ccc(C(F)F)cc1. The lowest BCUT2D eigenvalue weighted by Gasteiger charge is -2.09. The summed E-state index contributed by atoms with van der Waals surface area (Å²) < 4.78 is 32.4. The van der Waals surface area contributed by atoms with E-state index in [1.54, 1.807) is 36.5 Å². The van der Waals surface area contributed by atoms with Gasteiger partial charge < -0.3 is 4.74 Å². The Kier molecular flexibility index (Phi) is 6.07. The van der Waals surface area contributed by atoms with Gasteiger partial charge in [0.25, 0.3) is 6.43 Å². The molecule has 3 N–H and O–H groups in total. The Morgan fingerprint density at radius 2 is 2.00 bits per heavy atom. The molecule has 0 saturated heterocycles. The Bertz CT molecular complexity index is 940. The quantitative estimate of drug-likeness (QED) is 0.455. The van der Waals surface area contributed by atoms with Crippen molar-refractivity contribution in [2.24, 2.45) is 5.11 Å². The summed E-state index contributed by atoms with van der Waals surface area (Å²) in [6.45, 7) is 1.75. The van der Waals surface area contributed by atoms with Gasteiger partial charge in [0.1, 0.15) is 24.0 Å². The fourth-order valence-electron chi connectivity index (χ4n) is 2.25. The number of halogens is 2. The van der Waals surface area contributed by atoms with Gasteiger partial charge in [-0.15, -0.1) is 10.2 Å². The van der Waals surface area contributed by atoms with E-state index in [9.17, 15) is 8.78 Å².